The van der Waals surface area contributed by atoms with Gasteiger partial charge < -0.3 is 10.6 Å². The summed E-state index contributed by atoms with van der Waals surface area (Å²) in [5, 5.41) is 6.84. The molecule has 21 heavy (non-hydrogen) atoms. The van der Waals surface area contributed by atoms with Crippen LogP contribution >= 0.6 is 0 Å². The Morgan fingerprint density at radius 3 is 2.05 bits per heavy atom. The topological polar surface area (TPSA) is 37.0 Å². The molecule has 0 bridgehead atoms. The molecule has 0 unspecified atom stereocenters. The molecule has 0 spiro atoms. The molecule has 3 heteroatoms. The summed E-state index contributed by atoms with van der Waals surface area (Å²) >= 11 is 0. The number of para-hydroxylation sites is 1. The summed E-state index contributed by atoms with van der Waals surface area (Å²) in [5.74, 6) is 1.79. The monoisotopic (exact) mass is 283 g/mol. The third-order valence-electron chi connectivity index (χ3n) is 3.44. The van der Waals surface area contributed by atoms with Crippen LogP contribution in [0, 0.1) is 0 Å². The molecule has 0 aliphatic rings. The Morgan fingerprint density at radius 2 is 1.48 bits per heavy atom. The SMILES string of the molecule is CCc1cccc(CC)c1Nc1cccc(NC(C)C)n1. The average molecular weight is 283 g/mol. The van der Waals surface area contributed by atoms with E-state index in [1.54, 1.807) is 0 Å². The fraction of sp³-hybridized carbons (Fsp3) is 0.389. The van der Waals surface area contributed by atoms with E-state index >= 15 is 0 Å². The molecular formula is C18H25N3. The molecule has 0 atom stereocenters. The fourth-order valence-corrected chi connectivity index (χ4v) is 2.41. The van der Waals surface area contributed by atoms with Gasteiger partial charge in [0, 0.05) is 11.7 Å². The maximum absolute atomic E-state index is 4.64. The number of hydrogen-bond acceptors (Lipinski definition) is 3. The molecule has 3 nitrogen and oxygen atoms in total. The summed E-state index contributed by atoms with van der Waals surface area (Å²) < 4.78 is 0. The lowest BCUT2D eigenvalue weighted by molar-refractivity contribution is 0.890. The van der Waals surface area contributed by atoms with Gasteiger partial charge in [0.15, 0.2) is 0 Å². The molecule has 0 aliphatic heterocycles. The van der Waals surface area contributed by atoms with Gasteiger partial charge >= 0.3 is 0 Å². The highest BCUT2D eigenvalue weighted by atomic mass is 15.1. The largest absolute Gasteiger partial charge is 0.368 e. The first kappa shape index (κ1) is 15.4. The summed E-state index contributed by atoms with van der Waals surface area (Å²) in [4.78, 5) is 4.64. The minimum Gasteiger partial charge on any atom is -0.368 e. The van der Waals surface area contributed by atoms with Crippen LogP contribution in [0.2, 0.25) is 0 Å². The molecule has 112 valence electrons. The van der Waals surface area contributed by atoms with Crippen molar-refractivity contribution < 1.29 is 0 Å². The highest BCUT2D eigenvalue weighted by Gasteiger charge is 2.07. The maximum atomic E-state index is 4.64. The maximum Gasteiger partial charge on any atom is 0.132 e. The van der Waals surface area contributed by atoms with Gasteiger partial charge in [0.1, 0.15) is 11.6 Å². The van der Waals surface area contributed by atoms with Crippen molar-refractivity contribution in [2.75, 3.05) is 10.6 Å². The van der Waals surface area contributed by atoms with Gasteiger partial charge in [0.2, 0.25) is 0 Å². The molecule has 1 aromatic carbocycles. The Kier molecular flexibility index (Phi) is 5.20. The predicted molar refractivity (Wildman–Crippen MR) is 91.5 cm³/mol. The smallest absolute Gasteiger partial charge is 0.132 e. The van der Waals surface area contributed by atoms with Crippen LogP contribution < -0.4 is 10.6 Å². The van der Waals surface area contributed by atoms with Crippen molar-refractivity contribution in [2.24, 2.45) is 0 Å². The molecule has 1 heterocycles. The number of anilines is 3. The van der Waals surface area contributed by atoms with Gasteiger partial charge in [-0.25, -0.2) is 4.98 Å². The van der Waals surface area contributed by atoms with Gasteiger partial charge in [0.25, 0.3) is 0 Å². The van der Waals surface area contributed by atoms with Crippen molar-refractivity contribution >= 4 is 17.3 Å². The summed E-state index contributed by atoms with van der Waals surface area (Å²) in [6.07, 6.45) is 2.03. The van der Waals surface area contributed by atoms with Gasteiger partial charge in [-0.05, 0) is 49.9 Å². The summed E-state index contributed by atoms with van der Waals surface area (Å²) in [7, 11) is 0. The highest BCUT2D eigenvalue weighted by Crippen LogP contribution is 2.26. The van der Waals surface area contributed by atoms with E-state index in [4.69, 9.17) is 0 Å². The second-order valence-electron chi connectivity index (χ2n) is 5.49. The normalized spacial score (nSPS) is 10.7. The van der Waals surface area contributed by atoms with E-state index in [0.717, 1.165) is 24.5 Å². The molecule has 0 amide bonds. The third-order valence-corrected chi connectivity index (χ3v) is 3.44. The molecule has 0 fully saturated rings. The van der Waals surface area contributed by atoms with Crippen LogP contribution in [0.3, 0.4) is 0 Å². The standard InChI is InChI=1S/C18H25N3/c1-5-14-9-7-10-15(6-2)18(14)21-17-12-8-11-16(20-17)19-13(3)4/h7-13H,5-6H2,1-4H3,(H2,19,20,21). The number of aromatic nitrogens is 1. The Hall–Kier alpha value is -2.03. The average Bonchev–Trinajstić information content (AvgIpc) is 2.47. The molecule has 0 aliphatic carbocycles. The van der Waals surface area contributed by atoms with Gasteiger partial charge in [0.05, 0.1) is 0 Å². The molecule has 0 saturated heterocycles. The first-order valence-electron chi connectivity index (χ1n) is 7.75. The van der Waals surface area contributed by atoms with Gasteiger partial charge in [-0.15, -0.1) is 0 Å². The number of aryl methyl sites for hydroxylation is 2. The highest BCUT2D eigenvalue weighted by molar-refractivity contribution is 5.66. The Balaban J connectivity index is 2.29. The van der Waals surface area contributed by atoms with E-state index < -0.39 is 0 Å². The van der Waals surface area contributed by atoms with E-state index in [2.05, 4.69) is 61.5 Å². The zero-order valence-corrected chi connectivity index (χ0v) is 13.4. The summed E-state index contributed by atoms with van der Waals surface area (Å²) in [5.41, 5.74) is 3.87. The van der Waals surface area contributed by atoms with Crippen LogP contribution in [-0.4, -0.2) is 11.0 Å². The Labute approximate surface area is 127 Å². The van der Waals surface area contributed by atoms with Crippen molar-refractivity contribution in [1.82, 2.24) is 4.98 Å². The lowest BCUT2D eigenvalue weighted by Crippen LogP contribution is -2.11. The number of pyridine rings is 1. The van der Waals surface area contributed by atoms with E-state index in [-0.39, 0.29) is 0 Å². The van der Waals surface area contributed by atoms with E-state index in [1.165, 1.54) is 16.8 Å². The van der Waals surface area contributed by atoms with Crippen molar-refractivity contribution in [3.8, 4) is 0 Å². The minimum absolute atomic E-state index is 0.377. The number of rotatable bonds is 6. The lowest BCUT2D eigenvalue weighted by Gasteiger charge is -2.16. The number of benzene rings is 1. The quantitative estimate of drug-likeness (QED) is 0.801. The second kappa shape index (κ2) is 7.11. The molecular weight excluding hydrogens is 258 g/mol. The van der Waals surface area contributed by atoms with Gasteiger partial charge in [-0.1, -0.05) is 38.1 Å². The van der Waals surface area contributed by atoms with Crippen LogP contribution in [0.5, 0.6) is 0 Å². The van der Waals surface area contributed by atoms with Crippen LogP contribution in [0.15, 0.2) is 36.4 Å². The van der Waals surface area contributed by atoms with Gasteiger partial charge in [-0.3, -0.25) is 0 Å². The molecule has 1 aromatic heterocycles. The zero-order chi connectivity index (χ0) is 15.2. The fourth-order valence-electron chi connectivity index (χ4n) is 2.41. The van der Waals surface area contributed by atoms with Crippen molar-refractivity contribution in [3.05, 3.63) is 47.5 Å². The van der Waals surface area contributed by atoms with Crippen LogP contribution in [0.4, 0.5) is 17.3 Å². The molecule has 0 saturated carbocycles. The molecule has 2 rings (SSSR count). The lowest BCUT2D eigenvalue weighted by atomic mass is 10.0. The summed E-state index contributed by atoms with van der Waals surface area (Å²) in [6, 6.07) is 12.9. The molecule has 0 radical (unpaired) electrons. The van der Waals surface area contributed by atoms with E-state index in [9.17, 15) is 0 Å². The minimum atomic E-state index is 0.377. The first-order chi connectivity index (χ1) is 10.1. The summed E-state index contributed by atoms with van der Waals surface area (Å²) in [6.45, 7) is 8.60. The van der Waals surface area contributed by atoms with Crippen molar-refractivity contribution in [1.29, 1.82) is 0 Å². The second-order valence-corrected chi connectivity index (χ2v) is 5.49. The Morgan fingerprint density at radius 1 is 0.905 bits per heavy atom. The number of nitrogens with zero attached hydrogens (tertiary/aromatic N) is 1. The number of nitrogens with one attached hydrogen (secondary N) is 2. The predicted octanol–water partition coefficient (Wildman–Crippen LogP) is 4.77. The number of hydrogen-bond donors (Lipinski definition) is 2. The molecule has 2 aromatic rings. The van der Waals surface area contributed by atoms with Crippen LogP contribution in [-0.2, 0) is 12.8 Å². The zero-order valence-electron chi connectivity index (χ0n) is 13.4. The van der Waals surface area contributed by atoms with Crippen LogP contribution in [0.25, 0.3) is 0 Å². The first-order valence-corrected chi connectivity index (χ1v) is 7.75. The Bertz CT molecular complexity index is 569. The van der Waals surface area contributed by atoms with Crippen molar-refractivity contribution in [3.63, 3.8) is 0 Å². The third kappa shape index (κ3) is 3.97. The van der Waals surface area contributed by atoms with Crippen LogP contribution in [0.1, 0.15) is 38.8 Å². The van der Waals surface area contributed by atoms with Crippen molar-refractivity contribution in [2.45, 2.75) is 46.6 Å². The van der Waals surface area contributed by atoms with Gasteiger partial charge in [-0.2, -0.15) is 0 Å². The van der Waals surface area contributed by atoms with E-state index in [0.29, 0.717) is 6.04 Å². The van der Waals surface area contributed by atoms with E-state index in [1.807, 2.05) is 18.2 Å². The molecule has 2 N–H and O–H groups in total.